The second-order valence-electron chi connectivity index (χ2n) is 4.30. The van der Waals surface area contributed by atoms with Crippen molar-refractivity contribution in [2.45, 2.75) is 20.8 Å². The standard InChI is InChI=1S/C13H15N3O2/c1-7-4-5-10(11(17)6-7)13(18)14-12-8(2)9(3)15-16-12/h4-6,17H,1-3H3,(H2,14,15,16,18). The van der Waals surface area contributed by atoms with E-state index >= 15 is 0 Å². The number of nitrogens with zero attached hydrogens (tertiary/aromatic N) is 1. The fourth-order valence-electron chi connectivity index (χ4n) is 1.62. The van der Waals surface area contributed by atoms with Crippen molar-refractivity contribution in [3.8, 4) is 5.75 Å². The molecule has 0 aliphatic carbocycles. The van der Waals surface area contributed by atoms with Crippen LogP contribution in [0.3, 0.4) is 0 Å². The third kappa shape index (κ3) is 2.20. The van der Waals surface area contributed by atoms with Crippen molar-refractivity contribution in [2.75, 3.05) is 5.32 Å². The average molecular weight is 245 g/mol. The lowest BCUT2D eigenvalue weighted by Gasteiger charge is -2.06. The SMILES string of the molecule is Cc1ccc(C(=O)Nc2n[nH]c(C)c2C)c(O)c1. The summed E-state index contributed by atoms with van der Waals surface area (Å²) in [5, 5.41) is 19.2. The predicted octanol–water partition coefficient (Wildman–Crippen LogP) is 2.29. The molecule has 0 saturated carbocycles. The third-order valence-corrected chi connectivity index (χ3v) is 2.88. The zero-order valence-electron chi connectivity index (χ0n) is 10.5. The molecule has 0 aliphatic rings. The van der Waals surface area contributed by atoms with Gasteiger partial charge in [0.1, 0.15) is 5.75 Å². The zero-order valence-corrected chi connectivity index (χ0v) is 10.5. The molecule has 0 saturated heterocycles. The quantitative estimate of drug-likeness (QED) is 0.759. The molecule has 0 fully saturated rings. The van der Waals surface area contributed by atoms with Crippen LogP contribution in [-0.2, 0) is 0 Å². The van der Waals surface area contributed by atoms with Gasteiger partial charge in [-0.1, -0.05) is 6.07 Å². The normalized spacial score (nSPS) is 10.4. The van der Waals surface area contributed by atoms with Crippen LogP contribution in [0.25, 0.3) is 0 Å². The van der Waals surface area contributed by atoms with Gasteiger partial charge in [0.15, 0.2) is 5.82 Å². The van der Waals surface area contributed by atoms with Crippen molar-refractivity contribution < 1.29 is 9.90 Å². The Hall–Kier alpha value is -2.30. The van der Waals surface area contributed by atoms with Crippen molar-refractivity contribution in [2.24, 2.45) is 0 Å². The Kier molecular flexibility index (Phi) is 3.06. The Morgan fingerprint density at radius 1 is 1.33 bits per heavy atom. The van der Waals surface area contributed by atoms with E-state index in [9.17, 15) is 9.90 Å². The number of amides is 1. The van der Waals surface area contributed by atoms with Crippen LogP contribution in [0.4, 0.5) is 5.82 Å². The summed E-state index contributed by atoms with van der Waals surface area (Å²) in [6, 6.07) is 4.92. The van der Waals surface area contributed by atoms with Gasteiger partial charge in [-0.3, -0.25) is 9.89 Å². The molecule has 18 heavy (non-hydrogen) atoms. The lowest BCUT2D eigenvalue weighted by molar-refractivity contribution is 0.102. The number of hydrogen-bond acceptors (Lipinski definition) is 3. The number of aromatic amines is 1. The largest absolute Gasteiger partial charge is 0.507 e. The van der Waals surface area contributed by atoms with Gasteiger partial charge in [-0.25, -0.2) is 0 Å². The molecule has 2 aromatic rings. The van der Waals surface area contributed by atoms with Crippen LogP contribution in [-0.4, -0.2) is 21.2 Å². The number of phenolic OH excluding ortho intramolecular Hbond substituents is 1. The smallest absolute Gasteiger partial charge is 0.260 e. The van der Waals surface area contributed by atoms with Crippen LogP contribution in [0.1, 0.15) is 27.2 Å². The van der Waals surface area contributed by atoms with Crippen LogP contribution in [0.2, 0.25) is 0 Å². The Morgan fingerprint density at radius 2 is 2.06 bits per heavy atom. The summed E-state index contributed by atoms with van der Waals surface area (Å²) >= 11 is 0. The fraction of sp³-hybridized carbons (Fsp3) is 0.231. The van der Waals surface area contributed by atoms with Crippen molar-refractivity contribution in [3.05, 3.63) is 40.6 Å². The van der Waals surface area contributed by atoms with Gasteiger partial charge >= 0.3 is 0 Å². The van der Waals surface area contributed by atoms with Crippen molar-refractivity contribution in [1.29, 1.82) is 0 Å². The maximum Gasteiger partial charge on any atom is 0.260 e. The van der Waals surface area contributed by atoms with Crippen LogP contribution in [0.15, 0.2) is 18.2 Å². The number of benzene rings is 1. The molecule has 3 N–H and O–H groups in total. The van der Waals surface area contributed by atoms with Crippen LogP contribution in [0.5, 0.6) is 5.75 Å². The van der Waals surface area contributed by atoms with E-state index in [1.54, 1.807) is 18.2 Å². The van der Waals surface area contributed by atoms with Gasteiger partial charge in [0, 0.05) is 11.3 Å². The number of phenols is 1. The fourth-order valence-corrected chi connectivity index (χ4v) is 1.62. The van der Waals surface area contributed by atoms with Gasteiger partial charge in [-0.05, 0) is 38.5 Å². The van der Waals surface area contributed by atoms with E-state index in [4.69, 9.17) is 0 Å². The molecule has 1 aromatic heterocycles. The lowest BCUT2D eigenvalue weighted by Crippen LogP contribution is -2.13. The maximum atomic E-state index is 12.0. The summed E-state index contributed by atoms with van der Waals surface area (Å²) in [6.07, 6.45) is 0. The van der Waals surface area contributed by atoms with Gasteiger partial charge < -0.3 is 10.4 Å². The zero-order chi connectivity index (χ0) is 13.3. The van der Waals surface area contributed by atoms with E-state index in [-0.39, 0.29) is 17.2 Å². The topological polar surface area (TPSA) is 78.0 Å². The van der Waals surface area contributed by atoms with E-state index in [0.29, 0.717) is 5.82 Å². The number of rotatable bonds is 2. The summed E-state index contributed by atoms with van der Waals surface area (Å²) in [7, 11) is 0. The number of anilines is 1. The van der Waals surface area contributed by atoms with E-state index < -0.39 is 0 Å². The van der Waals surface area contributed by atoms with Gasteiger partial charge in [-0.2, -0.15) is 5.10 Å². The first-order chi connectivity index (χ1) is 8.49. The van der Waals surface area contributed by atoms with E-state index in [1.807, 2.05) is 20.8 Å². The van der Waals surface area contributed by atoms with E-state index in [1.165, 1.54) is 0 Å². The summed E-state index contributed by atoms with van der Waals surface area (Å²) in [5.74, 6) is 0.0805. The Bertz CT molecular complexity index is 602. The first-order valence-corrected chi connectivity index (χ1v) is 5.61. The molecule has 0 radical (unpaired) electrons. The highest BCUT2D eigenvalue weighted by atomic mass is 16.3. The Balaban J connectivity index is 2.25. The summed E-state index contributed by atoms with van der Waals surface area (Å²) in [5.41, 5.74) is 2.92. The minimum atomic E-state index is -0.373. The number of carbonyl (C=O) groups is 1. The van der Waals surface area contributed by atoms with Crippen LogP contribution < -0.4 is 5.32 Å². The van der Waals surface area contributed by atoms with Gasteiger partial charge in [0.05, 0.1) is 5.56 Å². The number of aromatic nitrogens is 2. The minimum Gasteiger partial charge on any atom is -0.507 e. The van der Waals surface area contributed by atoms with Crippen LogP contribution >= 0.6 is 0 Å². The monoisotopic (exact) mass is 245 g/mol. The first-order valence-electron chi connectivity index (χ1n) is 5.61. The van der Waals surface area contributed by atoms with Crippen molar-refractivity contribution in [1.82, 2.24) is 10.2 Å². The molecule has 0 aliphatic heterocycles. The highest BCUT2D eigenvalue weighted by molar-refractivity contribution is 6.06. The lowest BCUT2D eigenvalue weighted by atomic mass is 10.1. The Morgan fingerprint density at radius 3 is 2.61 bits per heavy atom. The van der Waals surface area contributed by atoms with Crippen LogP contribution in [0, 0.1) is 20.8 Å². The molecule has 1 heterocycles. The average Bonchev–Trinajstić information content (AvgIpc) is 2.61. The number of aryl methyl sites for hydroxylation is 2. The van der Waals surface area contributed by atoms with E-state index in [0.717, 1.165) is 16.8 Å². The molecule has 0 unspecified atom stereocenters. The van der Waals surface area contributed by atoms with Gasteiger partial charge in [0.2, 0.25) is 0 Å². The molecule has 1 aromatic carbocycles. The second kappa shape index (κ2) is 4.52. The number of carbonyl (C=O) groups excluding carboxylic acids is 1. The third-order valence-electron chi connectivity index (χ3n) is 2.88. The summed E-state index contributed by atoms with van der Waals surface area (Å²) < 4.78 is 0. The first kappa shape index (κ1) is 12.2. The molecule has 5 heteroatoms. The molecule has 0 spiro atoms. The van der Waals surface area contributed by atoms with Crippen molar-refractivity contribution >= 4 is 11.7 Å². The molecule has 0 atom stereocenters. The van der Waals surface area contributed by atoms with E-state index in [2.05, 4.69) is 15.5 Å². The van der Waals surface area contributed by atoms with Gasteiger partial charge in [-0.15, -0.1) is 0 Å². The molecule has 1 amide bonds. The number of nitrogens with one attached hydrogen (secondary N) is 2. The summed E-state index contributed by atoms with van der Waals surface area (Å²) in [4.78, 5) is 12.0. The van der Waals surface area contributed by atoms with Crippen molar-refractivity contribution in [3.63, 3.8) is 0 Å². The minimum absolute atomic E-state index is 0.0302. The molecule has 5 nitrogen and oxygen atoms in total. The number of aromatic hydroxyl groups is 1. The number of hydrogen-bond donors (Lipinski definition) is 3. The highest BCUT2D eigenvalue weighted by Gasteiger charge is 2.14. The molecule has 94 valence electrons. The summed E-state index contributed by atoms with van der Waals surface area (Å²) in [6.45, 7) is 5.59. The predicted molar refractivity (Wildman–Crippen MR) is 68.9 cm³/mol. The molecular weight excluding hydrogens is 230 g/mol. The number of H-pyrrole nitrogens is 1. The molecule has 0 bridgehead atoms. The maximum absolute atomic E-state index is 12.0. The second-order valence-corrected chi connectivity index (χ2v) is 4.30. The highest BCUT2D eigenvalue weighted by Crippen LogP contribution is 2.21. The molecule has 2 rings (SSSR count). The van der Waals surface area contributed by atoms with Gasteiger partial charge in [0.25, 0.3) is 5.91 Å². The molecular formula is C13H15N3O2. The Labute approximate surface area is 105 Å².